The lowest BCUT2D eigenvalue weighted by Gasteiger charge is -2.25. The maximum absolute atomic E-state index is 12.1. The minimum atomic E-state index is -0.457. The maximum atomic E-state index is 12.1. The highest BCUT2D eigenvalue weighted by atomic mass is 16.2. The van der Waals surface area contributed by atoms with E-state index in [4.69, 9.17) is 5.73 Å². The van der Waals surface area contributed by atoms with Gasteiger partial charge in [-0.25, -0.2) is 0 Å². The maximum Gasteiger partial charge on any atom is 0.227 e. The van der Waals surface area contributed by atoms with E-state index in [9.17, 15) is 4.79 Å². The minimum Gasteiger partial charge on any atom is -0.352 e. The van der Waals surface area contributed by atoms with Gasteiger partial charge in [0.05, 0.1) is 5.41 Å². The molecule has 0 radical (unpaired) electrons. The molecule has 0 aromatic heterocycles. The first-order valence-electron chi connectivity index (χ1n) is 6.62. The van der Waals surface area contributed by atoms with Crippen LogP contribution in [0.15, 0.2) is 24.3 Å². The van der Waals surface area contributed by atoms with Gasteiger partial charge in [0.2, 0.25) is 5.91 Å². The van der Waals surface area contributed by atoms with Gasteiger partial charge in [-0.2, -0.15) is 0 Å². The van der Waals surface area contributed by atoms with Gasteiger partial charge in [-0.15, -0.1) is 0 Å². The van der Waals surface area contributed by atoms with Gasteiger partial charge < -0.3 is 11.1 Å². The van der Waals surface area contributed by atoms with Crippen molar-refractivity contribution in [1.82, 2.24) is 5.32 Å². The minimum absolute atomic E-state index is 0.0402. The summed E-state index contributed by atoms with van der Waals surface area (Å²) in [6.45, 7) is 6.99. The number of carbonyl (C=O) groups excluding carboxylic acids is 1. The van der Waals surface area contributed by atoms with Gasteiger partial charge in [0.25, 0.3) is 0 Å². The summed E-state index contributed by atoms with van der Waals surface area (Å²) in [4.78, 5) is 12.1. The van der Waals surface area contributed by atoms with Crippen molar-refractivity contribution >= 4 is 5.91 Å². The van der Waals surface area contributed by atoms with Crippen LogP contribution in [0.5, 0.6) is 0 Å². The molecule has 3 heteroatoms. The summed E-state index contributed by atoms with van der Waals surface area (Å²) in [5.41, 5.74) is 7.69. The van der Waals surface area contributed by atoms with Gasteiger partial charge in [-0.3, -0.25) is 4.79 Å². The molecule has 0 spiro atoms. The van der Waals surface area contributed by atoms with E-state index in [1.54, 1.807) is 0 Å². The third-order valence-electron chi connectivity index (χ3n) is 3.72. The molecule has 1 aromatic rings. The number of rotatable bonds is 6. The van der Waals surface area contributed by atoms with Gasteiger partial charge in [0, 0.05) is 13.1 Å². The molecule has 1 aromatic carbocycles. The summed E-state index contributed by atoms with van der Waals surface area (Å²) >= 11 is 0. The van der Waals surface area contributed by atoms with E-state index < -0.39 is 5.41 Å². The molecule has 1 rings (SSSR count). The average molecular weight is 248 g/mol. The molecule has 0 saturated carbocycles. The van der Waals surface area contributed by atoms with Crippen LogP contribution < -0.4 is 11.1 Å². The largest absolute Gasteiger partial charge is 0.352 e. The monoisotopic (exact) mass is 248 g/mol. The molecular formula is C15H24N2O. The van der Waals surface area contributed by atoms with Gasteiger partial charge in [-0.1, -0.05) is 38.1 Å². The lowest BCUT2D eigenvalue weighted by atomic mass is 9.86. The highest BCUT2D eigenvalue weighted by Crippen LogP contribution is 2.19. The van der Waals surface area contributed by atoms with E-state index in [-0.39, 0.29) is 5.91 Å². The molecule has 0 heterocycles. The van der Waals surface area contributed by atoms with Crippen LogP contribution in [-0.4, -0.2) is 12.5 Å². The van der Waals surface area contributed by atoms with Crippen molar-refractivity contribution in [3.05, 3.63) is 35.4 Å². The molecule has 0 aliphatic rings. The summed E-state index contributed by atoms with van der Waals surface area (Å²) < 4.78 is 0. The van der Waals surface area contributed by atoms with Crippen molar-refractivity contribution in [1.29, 1.82) is 0 Å². The van der Waals surface area contributed by atoms with Crippen LogP contribution in [0.1, 0.15) is 38.3 Å². The average Bonchev–Trinajstić information content (AvgIpc) is 2.43. The zero-order valence-corrected chi connectivity index (χ0v) is 11.6. The third-order valence-corrected chi connectivity index (χ3v) is 3.72. The predicted molar refractivity (Wildman–Crippen MR) is 75.1 cm³/mol. The highest BCUT2D eigenvalue weighted by molar-refractivity contribution is 5.82. The summed E-state index contributed by atoms with van der Waals surface area (Å²) in [5, 5.41) is 3.00. The van der Waals surface area contributed by atoms with Crippen molar-refractivity contribution in [3.63, 3.8) is 0 Å². The van der Waals surface area contributed by atoms with Crippen molar-refractivity contribution in [3.8, 4) is 0 Å². The van der Waals surface area contributed by atoms with Gasteiger partial charge in [0.1, 0.15) is 0 Å². The van der Waals surface area contributed by atoms with E-state index in [1.165, 1.54) is 11.1 Å². The molecule has 100 valence electrons. The van der Waals surface area contributed by atoms with Crippen molar-refractivity contribution in [2.75, 3.05) is 6.54 Å². The van der Waals surface area contributed by atoms with E-state index in [1.807, 2.05) is 26.0 Å². The summed E-state index contributed by atoms with van der Waals surface area (Å²) in [5.74, 6) is 0.0402. The Bertz CT molecular complexity index is 397. The first kappa shape index (κ1) is 14.7. The number of nitrogens with one attached hydrogen (secondary N) is 1. The van der Waals surface area contributed by atoms with Crippen molar-refractivity contribution in [2.45, 2.75) is 40.2 Å². The molecule has 0 bridgehead atoms. The Kier molecular flexibility index (Phi) is 5.35. The van der Waals surface area contributed by atoms with Crippen LogP contribution in [-0.2, 0) is 17.8 Å². The Morgan fingerprint density at radius 3 is 2.39 bits per heavy atom. The molecule has 1 amide bonds. The molecule has 1 unspecified atom stereocenters. The molecular weight excluding hydrogens is 224 g/mol. The zero-order valence-electron chi connectivity index (χ0n) is 11.6. The number of benzene rings is 1. The van der Waals surface area contributed by atoms with E-state index in [0.29, 0.717) is 13.1 Å². The van der Waals surface area contributed by atoms with Crippen LogP contribution in [0.4, 0.5) is 0 Å². The van der Waals surface area contributed by atoms with Crippen LogP contribution in [0.3, 0.4) is 0 Å². The molecule has 0 fully saturated rings. The summed E-state index contributed by atoms with van der Waals surface area (Å²) in [7, 11) is 0. The number of aryl methyl sites for hydroxylation is 1. The number of hydrogen-bond acceptors (Lipinski definition) is 2. The van der Waals surface area contributed by atoms with Crippen molar-refractivity contribution < 1.29 is 4.79 Å². The van der Waals surface area contributed by atoms with Crippen LogP contribution >= 0.6 is 0 Å². The predicted octanol–water partition coefficient (Wildman–Crippen LogP) is 2.24. The van der Waals surface area contributed by atoms with E-state index >= 15 is 0 Å². The quantitative estimate of drug-likeness (QED) is 0.811. The molecule has 3 N–H and O–H groups in total. The number of nitrogens with two attached hydrogens (primary N) is 1. The van der Waals surface area contributed by atoms with E-state index in [0.717, 1.165) is 12.8 Å². The topological polar surface area (TPSA) is 55.1 Å². The van der Waals surface area contributed by atoms with Crippen molar-refractivity contribution in [2.24, 2.45) is 11.1 Å². The SMILES string of the molecule is CCc1ccccc1CNC(=O)C(C)(CC)CN. The fourth-order valence-corrected chi connectivity index (χ4v) is 1.86. The van der Waals surface area contributed by atoms with E-state index in [2.05, 4.69) is 24.4 Å². The first-order valence-corrected chi connectivity index (χ1v) is 6.62. The molecule has 0 aliphatic carbocycles. The Morgan fingerprint density at radius 1 is 1.28 bits per heavy atom. The molecule has 0 aliphatic heterocycles. The highest BCUT2D eigenvalue weighted by Gasteiger charge is 2.29. The standard InChI is InChI=1S/C15H24N2O/c1-4-12-8-6-7-9-13(12)10-17-14(18)15(3,5-2)11-16/h6-9H,4-5,10-11,16H2,1-3H3,(H,17,18). The number of carbonyl (C=O) groups is 1. The number of amides is 1. The fraction of sp³-hybridized carbons (Fsp3) is 0.533. The van der Waals surface area contributed by atoms with Gasteiger partial charge in [-0.05, 0) is 30.9 Å². The molecule has 0 saturated heterocycles. The van der Waals surface area contributed by atoms with Gasteiger partial charge >= 0.3 is 0 Å². The van der Waals surface area contributed by atoms with Crippen LogP contribution in [0.2, 0.25) is 0 Å². The third kappa shape index (κ3) is 3.33. The Hall–Kier alpha value is -1.35. The zero-order chi connectivity index (χ0) is 13.6. The summed E-state index contributed by atoms with van der Waals surface area (Å²) in [6, 6.07) is 8.19. The first-order chi connectivity index (χ1) is 8.57. The Labute approximate surface area is 110 Å². The summed E-state index contributed by atoms with van der Waals surface area (Å²) in [6.07, 6.45) is 1.73. The molecule has 1 atom stereocenters. The lowest BCUT2D eigenvalue weighted by Crippen LogP contribution is -2.43. The lowest BCUT2D eigenvalue weighted by molar-refractivity contribution is -0.130. The van der Waals surface area contributed by atoms with Gasteiger partial charge in [0.15, 0.2) is 0 Å². The van der Waals surface area contributed by atoms with Crippen LogP contribution in [0.25, 0.3) is 0 Å². The smallest absolute Gasteiger partial charge is 0.227 e. The molecule has 18 heavy (non-hydrogen) atoms. The van der Waals surface area contributed by atoms with Crippen LogP contribution in [0, 0.1) is 5.41 Å². The second kappa shape index (κ2) is 6.55. The Morgan fingerprint density at radius 2 is 1.89 bits per heavy atom. The second-order valence-electron chi connectivity index (χ2n) is 4.92. The molecule has 3 nitrogen and oxygen atoms in total. The normalized spacial score (nSPS) is 14.0. The Balaban J connectivity index is 2.68. The number of hydrogen-bond donors (Lipinski definition) is 2. The fourth-order valence-electron chi connectivity index (χ4n) is 1.86. The second-order valence-corrected chi connectivity index (χ2v) is 4.92.